The number of nitrogens with zero attached hydrogens (tertiary/aromatic N) is 4. The first kappa shape index (κ1) is 91.3. The van der Waals surface area contributed by atoms with Gasteiger partial charge in [0.2, 0.25) is 17.7 Å². The number of aromatic nitrogens is 4. The average molecular weight is 1470 g/mol. The van der Waals surface area contributed by atoms with Crippen LogP contribution in [0.3, 0.4) is 0 Å². The van der Waals surface area contributed by atoms with E-state index < -0.39 is 27.6 Å². The van der Waals surface area contributed by atoms with Crippen LogP contribution in [0, 0.1) is 48.3 Å². The Morgan fingerprint density at radius 1 is 0.529 bits per heavy atom. The molecule has 0 aliphatic heterocycles. The smallest absolute Gasteiger partial charge is 0.327 e. The Hall–Kier alpha value is -8.68. The van der Waals surface area contributed by atoms with E-state index in [9.17, 15) is 50.8 Å². The van der Waals surface area contributed by atoms with Gasteiger partial charge in [0, 0.05) is 96.6 Å². The lowest BCUT2D eigenvalue weighted by Gasteiger charge is -2.18. The summed E-state index contributed by atoms with van der Waals surface area (Å²) in [6.07, 6.45) is 10.6. The van der Waals surface area contributed by atoms with Crippen molar-refractivity contribution < 1.29 is 64.7 Å². The summed E-state index contributed by atoms with van der Waals surface area (Å²) in [4.78, 5) is 102. The van der Waals surface area contributed by atoms with Gasteiger partial charge in [0.05, 0.1) is 48.1 Å². The van der Waals surface area contributed by atoms with Crippen LogP contribution in [-0.4, -0.2) is 95.7 Å². The van der Waals surface area contributed by atoms with Crippen LogP contribution in [-0.2, 0) is 38.2 Å². The number of methoxy groups -OCH3 is 1. The van der Waals surface area contributed by atoms with Gasteiger partial charge in [0.15, 0.2) is 33.0 Å². The molecule has 4 N–H and O–H groups in total. The monoisotopic (exact) mass is 1470 g/mol. The van der Waals surface area contributed by atoms with Crippen molar-refractivity contribution in [2.45, 2.75) is 158 Å². The summed E-state index contributed by atoms with van der Waals surface area (Å²) in [5.41, 5.74) is 3.46. The Balaban J connectivity index is 0.000000596. The number of Topliss-reactive ketones (excluding diaryl/α,β-unsaturated/α-hetero) is 3. The van der Waals surface area contributed by atoms with E-state index in [1.807, 2.05) is 157 Å². The Kier molecular flexibility index (Phi) is 43.9. The Labute approximate surface area is 611 Å². The van der Waals surface area contributed by atoms with Crippen molar-refractivity contribution in [2.75, 3.05) is 41.7 Å². The summed E-state index contributed by atoms with van der Waals surface area (Å²) in [5.74, 6) is -1.41. The molecule has 0 aliphatic carbocycles. The molecule has 0 aliphatic rings. The number of pyridine rings is 4. The van der Waals surface area contributed by atoms with Gasteiger partial charge in [-0.25, -0.2) is 28.3 Å². The third kappa shape index (κ3) is 40.7. The highest BCUT2D eigenvalue weighted by Crippen LogP contribution is 2.26. The van der Waals surface area contributed by atoms with E-state index in [0.717, 1.165) is 51.5 Å². The maximum Gasteiger partial charge on any atom is 0.327 e. The van der Waals surface area contributed by atoms with Gasteiger partial charge >= 0.3 is 5.92 Å². The molecule has 7 aromatic rings. The van der Waals surface area contributed by atoms with Crippen molar-refractivity contribution in [1.29, 1.82) is 0 Å². The second-order valence-electron chi connectivity index (χ2n) is 26.0. The number of rotatable bonds is 26. The van der Waals surface area contributed by atoms with Crippen LogP contribution in [0.1, 0.15) is 172 Å². The molecule has 3 aromatic carbocycles. The van der Waals surface area contributed by atoms with Crippen LogP contribution in [0.5, 0.6) is 5.75 Å². The number of halogens is 3. The van der Waals surface area contributed by atoms with Crippen LogP contribution in [0.15, 0.2) is 168 Å². The number of carbonyl (C=O) groups excluding carboxylic acids is 7. The molecule has 4 amide bonds. The van der Waals surface area contributed by atoms with Gasteiger partial charge in [-0.15, -0.1) is 0 Å². The fourth-order valence-corrected chi connectivity index (χ4v) is 9.71. The number of aryl methyl sites for hydroxylation is 1. The van der Waals surface area contributed by atoms with Crippen LogP contribution in [0.4, 0.5) is 31.9 Å². The topological polar surface area (TPSA) is 281 Å². The maximum absolute atomic E-state index is 13.2. The summed E-state index contributed by atoms with van der Waals surface area (Å²) in [5, 5.41) is 10.7. The van der Waals surface area contributed by atoms with Crippen molar-refractivity contribution in [2.24, 2.45) is 41.4 Å². The summed E-state index contributed by atoms with van der Waals surface area (Å²) in [6.45, 7) is 28.5. The lowest BCUT2D eigenvalue weighted by Crippen LogP contribution is -2.39. The molecule has 0 bridgehead atoms. The molecule has 0 saturated heterocycles. The van der Waals surface area contributed by atoms with Gasteiger partial charge in [0.1, 0.15) is 17.4 Å². The molecule has 20 nitrogen and oxygen atoms in total. The summed E-state index contributed by atoms with van der Waals surface area (Å²) >= 11 is 6.92. The van der Waals surface area contributed by atoms with Crippen molar-refractivity contribution in [3.05, 3.63) is 186 Å². The second kappa shape index (κ2) is 49.0. The first-order valence-corrected chi connectivity index (χ1v) is 36.3. The Morgan fingerprint density at radius 2 is 1.04 bits per heavy atom. The minimum absolute atomic E-state index is 0.0260. The molecule has 7 rings (SSSR count). The number of hydrogen-bond donors (Lipinski definition) is 4. The molecular weight excluding hydrogens is 1370 g/mol. The molecule has 0 fully saturated rings. The van der Waals surface area contributed by atoms with Crippen LogP contribution < -0.4 is 26.0 Å². The number of ether oxygens (including phenoxy) is 1. The zero-order chi connectivity index (χ0) is 77.1. The normalized spacial score (nSPS) is 10.7. The molecular formula is C77H103ClF2N8O12S2. The Morgan fingerprint density at radius 3 is 1.54 bits per heavy atom. The molecule has 556 valence electrons. The fourth-order valence-electron chi connectivity index (χ4n) is 8.18. The number of carbonyl (C=O) groups is 7. The van der Waals surface area contributed by atoms with Crippen molar-refractivity contribution in [3.8, 4) is 5.75 Å². The van der Waals surface area contributed by atoms with Gasteiger partial charge < -0.3 is 26.0 Å². The zero-order valence-electron chi connectivity index (χ0n) is 61.9. The molecule has 0 radical (unpaired) electrons. The van der Waals surface area contributed by atoms with Crippen LogP contribution >= 0.6 is 23.6 Å². The number of ketones is 3. The lowest BCUT2D eigenvalue weighted by atomic mass is 10.0. The van der Waals surface area contributed by atoms with Gasteiger partial charge in [0.25, 0.3) is 5.91 Å². The molecule has 4 aromatic heterocycles. The van der Waals surface area contributed by atoms with Crippen LogP contribution in [0.25, 0.3) is 0 Å². The molecule has 25 heteroatoms. The first-order valence-electron chi connectivity index (χ1n) is 33.3. The minimum Gasteiger partial charge on any atom is -0.497 e. The molecule has 102 heavy (non-hydrogen) atoms. The summed E-state index contributed by atoms with van der Waals surface area (Å²) in [7, 11) is -0.274. The minimum atomic E-state index is -3.38. The fraction of sp³-hybridized carbons (Fsp3) is 0.416. The van der Waals surface area contributed by atoms with Crippen molar-refractivity contribution >= 4 is 97.6 Å². The first-order chi connectivity index (χ1) is 47.9. The van der Waals surface area contributed by atoms with Crippen LogP contribution in [0.2, 0.25) is 5.02 Å². The van der Waals surface area contributed by atoms with Crippen molar-refractivity contribution in [1.82, 2.24) is 19.9 Å². The van der Waals surface area contributed by atoms with E-state index >= 15 is 0 Å². The maximum atomic E-state index is 13.2. The number of alkyl halides is 2. The highest BCUT2D eigenvalue weighted by molar-refractivity contribution is 7.94. The van der Waals surface area contributed by atoms with E-state index in [1.54, 1.807) is 80.3 Å². The largest absolute Gasteiger partial charge is 0.497 e. The number of benzene rings is 3. The van der Waals surface area contributed by atoms with Gasteiger partial charge in [-0.3, -0.25) is 38.5 Å². The highest BCUT2D eigenvalue weighted by Gasteiger charge is 2.42. The van der Waals surface area contributed by atoms with Gasteiger partial charge in [-0.05, 0) is 133 Å². The van der Waals surface area contributed by atoms with E-state index in [1.165, 1.54) is 39.3 Å². The molecule has 4 heterocycles. The summed E-state index contributed by atoms with van der Waals surface area (Å²) < 4.78 is 59.1. The average Bonchev–Trinajstić information content (AvgIpc) is 0.825. The summed E-state index contributed by atoms with van der Waals surface area (Å²) in [6, 6.07) is 38.3. The standard InChI is InChI=1S/2C12H16O3S.C12H16O2.C11H16N2O.C10H13ClN2O.C10H12F2N2O.C10H14N2O/c1-9(2)7-12(13)10-5-4-6-11(8-10)16-15-14-3;1-9(2)8-11(13)10-6-4-5-7-12(10)16(3,14)15;1-9(2)8-12(13)10-4-6-11(14-3)7-5-10;1-8(2)7-11(14)13-10-6-4-5-9(3)12-10;1-7(2)6-9(14)13-10-8(11)4-3-5-12-10;1-7(2)10(11,12)9(15)14-8-5-3-4-6-13-8;1-8(2)6-10(13)12-9-4-3-5-11-7-9/h4-6,8-9H,7H2,1-3H3;4-7,9H,8H2,1-3H3;4-7,9H,8H2,1-3H3;4-6,8H,7H2,1-3H3,(H,12,13,14);3-5,7H,6H2,1-2H3,(H,12,13,14);3-7H,1-2H3,(H,13,14,15);3-5,7-8H,6H2,1-2H3,(H,12,13). The van der Waals surface area contributed by atoms with E-state index in [-0.39, 0.29) is 51.7 Å². The van der Waals surface area contributed by atoms with Crippen molar-refractivity contribution in [3.63, 3.8) is 0 Å². The number of nitrogens with one attached hydrogen (secondary N) is 4. The van der Waals surface area contributed by atoms with Gasteiger partial charge in [-0.2, -0.15) is 13.1 Å². The number of amides is 4. The van der Waals surface area contributed by atoms with E-state index in [0.29, 0.717) is 90.3 Å². The molecule has 0 atom stereocenters. The molecule has 0 unspecified atom stereocenters. The number of anilines is 4. The molecule has 0 spiro atoms. The third-order valence-corrected chi connectivity index (χ3v) is 15.1. The predicted octanol–water partition coefficient (Wildman–Crippen LogP) is 18.2. The number of hydrogen-bond acceptors (Lipinski definition) is 17. The third-order valence-electron chi connectivity index (χ3n) is 13.0. The van der Waals surface area contributed by atoms with E-state index in [4.69, 9.17) is 20.7 Å². The lowest BCUT2D eigenvalue weighted by molar-refractivity contribution is -0.160. The predicted molar refractivity (Wildman–Crippen MR) is 404 cm³/mol. The highest BCUT2D eigenvalue weighted by atomic mass is 35.5. The zero-order valence-corrected chi connectivity index (χ0v) is 64.3. The molecule has 0 saturated carbocycles. The van der Waals surface area contributed by atoms with Gasteiger partial charge in [-0.1, -0.05) is 151 Å². The Bertz CT molecular complexity index is 3770. The second-order valence-corrected chi connectivity index (χ2v) is 29.2. The quantitative estimate of drug-likeness (QED) is 0.0170. The van der Waals surface area contributed by atoms with E-state index in [2.05, 4.69) is 46.1 Å². The SMILES string of the molecule is CC(C)C(F)(F)C(=O)Nc1ccccn1.CC(C)CC(=O)Nc1cccnc1.CC(C)CC(=O)Nc1ncccc1Cl.CC(C)CC(=O)c1ccccc1S(C)(=O)=O.COOSc1cccc(C(=O)CC(C)C)c1.COc1ccc(C(=O)CC(C)C)cc1.Cc1cccc(NC(=O)CC(C)C)n1. The number of sulfone groups is 1.